The molecule has 0 spiro atoms. The lowest BCUT2D eigenvalue weighted by Crippen LogP contribution is -2.05. The molecule has 14 heavy (non-hydrogen) atoms. The van der Waals surface area contributed by atoms with Crippen LogP contribution in [0.5, 0.6) is 5.95 Å². The molecule has 0 saturated heterocycles. The Morgan fingerprint density at radius 1 is 1.50 bits per heavy atom. The fourth-order valence-corrected chi connectivity index (χ4v) is 0.858. The third-order valence-corrected chi connectivity index (χ3v) is 1.47. The SMILES string of the molecule is CCOCCOc1ccc(C(=O)O)o1. The van der Waals surface area contributed by atoms with E-state index in [-0.39, 0.29) is 11.7 Å². The maximum atomic E-state index is 10.4. The summed E-state index contributed by atoms with van der Waals surface area (Å²) in [7, 11) is 0. The van der Waals surface area contributed by atoms with Crippen LogP contribution in [-0.2, 0) is 4.74 Å². The summed E-state index contributed by atoms with van der Waals surface area (Å²) in [5, 5.41) is 8.53. The minimum Gasteiger partial charge on any atom is -0.475 e. The summed E-state index contributed by atoms with van der Waals surface area (Å²) >= 11 is 0. The molecule has 0 aliphatic heterocycles. The first kappa shape index (κ1) is 10.6. The van der Waals surface area contributed by atoms with Crippen molar-refractivity contribution in [1.29, 1.82) is 0 Å². The first-order valence-corrected chi connectivity index (χ1v) is 4.27. The van der Waals surface area contributed by atoms with E-state index in [1.807, 2.05) is 6.92 Å². The highest BCUT2D eigenvalue weighted by molar-refractivity contribution is 5.84. The number of aromatic carboxylic acids is 1. The van der Waals surface area contributed by atoms with Crippen molar-refractivity contribution >= 4 is 5.97 Å². The quantitative estimate of drug-likeness (QED) is 0.703. The molecule has 0 aliphatic carbocycles. The van der Waals surface area contributed by atoms with Crippen molar-refractivity contribution in [1.82, 2.24) is 0 Å². The molecule has 1 heterocycles. The number of rotatable bonds is 6. The normalized spacial score (nSPS) is 10.1. The summed E-state index contributed by atoms with van der Waals surface area (Å²) in [5.74, 6) is -1.04. The number of hydrogen-bond donors (Lipinski definition) is 1. The number of carbonyl (C=O) groups is 1. The van der Waals surface area contributed by atoms with Crippen LogP contribution < -0.4 is 4.74 Å². The van der Waals surface area contributed by atoms with E-state index >= 15 is 0 Å². The monoisotopic (exact) mass is 200 g/mol. The van der Waals surface area contributed by atoms with Gasteiger partial charge in [-0.25, -0.2) is 4.79 Å². The molecule has 0 fully saturated rings. The van der Waals surface area contributed by atoms with Crippen molar-refractivity contribution in [2.45, 2.75) is 6.92 Å². The van der Waals surface area contributed by atoms with Gasteiger partial charge in [-0.15, -0.1) is 0 Å². The molecule has 0 aromatic carbocycles. The van der Waals surface area contributed by atoms with Crippen molar-refractivity contribution in [3.8, 4) is 5.95 Å². The van der Waals surface area contributed by atoms with Crippen LogP contribution in [0.15, 0.2) is 16.5 Å². The maximum Gasteiger partial charge on any atom is 0.371 e. The van der Waals surface area contributed by atoms with E-state index < -0.39 is 5.97 Å². The second kappa shape index (κ2) is 5.29. The van der Waals surface area contributed by atoms with Gasteiger partial charge in [0.25, 0.3) is 5.95 Å². The lowest BCUT2D eigenvalue weighted by molar-refractivity contribution is 0.0644. The zero-order valence-electron chi connectivity index (χ0n) is 7.86. The van der Waals surface area contributed by atoms with Crippen LogP contribution in [0.25, 0.3) is 0 Å². The van der Waals surface area contributed by atoms with Crippen LogP contribution >= 0.6 is 0 Å². The number of ether oxygens (including phenoxy) is 2. The predicted molar refractivity (Wildman–Crippen MR) is 47.7 cm³/mol. The highest BCUT2D eigenvalue weighted by atomic mass is 16.6. The maximum absolute atomic E-state index is 10.4. The number of furan rings is 1. The van der Waals surface area contributed by atoms with Gasteiger partial charge in [-0.1, -0.05) is 0 Å². The van der Waals surface area contributed by atoms with Crippen LogP contribution in [0.4, 0.5) is 0 Å². The van der Waals surface area contributed by atoms with Gasteiger partial charge in [0.2, 0.25) is 5.76 Å². The molecule has 0 radical (unpaired) electrons. The molecule has 0 amide bonds. The first-order chi connectivity index (χ1) is 6.74. The van der Waals surface area contributed by atoms with Crippen LogP contribution in [0, 0.1) is 0 Å². The van der Waals surface area contributed by atoms with Gasteiger partial charge < -0.3 is 19.0 Å². The minimum absolute atomic E-state index is 0.128. The molecule has 0 atom stereocenters. The second-order valence-corrected chi connectivity index (χ2v) is 2.47. The molecule has 1 rings (SSSR count). The van der Waals surface area contributed by atoms with E-state index in [9.17, 15) is 4.79 Å². The van der Waals surface area contributed by atoms with Gasteiger partial charge in [0.05, 0.1) is 6.61 Å². The van der Waals surface area contributed by atoms with Crippen molar-refractivity contribution in [2.75, 3.05) is 19.8 Å². The summed E-state index contributed by atoms with van der Waals surface area (Å²) in [6.07, 6.45) is 0. The van der Waals surface area contributed by atoms with Gasteiger partial charge in [-0.05, 0) is 13.0 Å². The van der Waals surface area contributed by atoms with Crippen LogP contribution in [0.2, 0.25) is 0 Å². The molecule has 0 aliphatic rings. The Hall–Kier alpha value is -1.49. The highest BCUT2D eigenvalue weighted by Gasteiger charge is 2.08. The Bertz CT molecular complexity index is 291. The fraction of sp³-hybridized carbons (Fsp3) is 0.444. The van der Waals surface area contributed by atoms with Gasteiger partial charge in [0.1, 0.15) is 6.61 Å². The van der Waals surface area contributed by atoms with Gasteiger partial charge in [0.15, 0.2) is 0 Å². The summed E-state index contributed by atoms with van der Waals surface area (Å²) in [5.41, 5.74) is 0. The molecule has 5 heteroatoms. The first-order valence-electron chi connectivity index (χ1n) is 4.27. The third-order valence-electron chi connectivity index (χ3n) is 1.47. The zero-order valence-corrected chi connectivity index (χ0v) is 7.86. The molecule has 5 nitrogen and oxygen atoms in total. The van der Waals surface area contributed by atoms with Crippen molar-refractivity contribution in [3.63, 3.8) is 0 Å². The summed E-state index contributed by atoms with van der Waals surface area (Å²) in [6, 6.07) is 2.81. The van der Waals surface area contributed by atoms with Crippen molar-refractivity contribution in [2.24, 2.45) is 0 Å². The predicted octanol–water partition coefficient (Wildman–Crippen LogP) is 1.39. The molecular weight excluding hydrogens is 188 g/mol. The summed E-state index contributed by atoms with van der Waals surface area (Å²) in [4.78, 5) is 10.4. The molecule has 1 N–H and O–H groups in total. The van der Waals surface area contributed by atoms with E-state index in [0.717, 1.165) is 0 Å². The Morgan fingerprint density at radius 3 is 2.86 bits per heavy atom. The van der Waals surface area contributed by atoms with E-state index in [1.54, 1.807) is 0 Å². The topological polar surface area (TPSA) is 68.9 Å². The van der Waals surface area contributed by atoms with Gasteiger partial charge in [-0.3, -0.25) is 0 Å². The molecular formula is C9H12O5. The van der Waals surface area contributed by atoms with Gasteiger partial charge >= 0.3 is 5.97 Å². The van der Waals surface area contributed by atoms with Gasteiger partial charge in [-0.2, -0.15) is 0 Å². The third kappa shape index (κ3) is 3.10. The number of carboxylic acid groups (broad SMARTS) is 1. The van der Waals surface area contributed by atoms with E-state index in [2.05, 4.69) is 0 Å². The number of hydrogen-bond acceptors (Lipinski definition) is 4. The minimum atomic E-state index is -1.11. The molecule has 0 saturated carbocycles. The summed E-state index contributed by atoms with van der Waals surface area (Å²) < 4.78 is 15.0. The molecule has 0 bridgehead atoms. The molecule has 0 unspecified atom stereocenters. The standard InChI is InChI=1S/C9H12O5/c1-2-12-5-6-13-8-4-3-7(14-8)9(10)11/h3-4H,2,5-6H2,1H3,(H,10,11). The van der Waals surface area contributed by atoms with Crippen LogP contribution in [0.3, 0.4) is 0 Å². The Morgan fingerprint density at radius 2 is 2.29 bits per heavy atom. The average Bonchev–Trinajstić information content (AvgIpc) is 2.61. The second-order valence-electron chi connectivity index (χ2n) is 2.47. The van der Waals surface area contributed by atoms with Gasteiger partial charge in [0, 0.05) is 12.7 Å². The van der Waals surface area contributed by atoms with Crippen LogP contribution in [-0.4, -0.2) is 30.9 Å². The largest absolute Gasteiger partial charge is 0.475 e. The smallest absolute Gasteiger partial charge is 0.371 e. The highest BCUT2D eigenvalue weighted by Crippen LogP contribution is 2.15. The Labute approximate surface area is 81.2 Å². The molecule has 1 aromatic heterocycles. The molecule has 1 aromatic rings. The average molecular weight is 200 g/mol. The van der Waals surface area contributed by atoms with E-state index in [4.69, 9.17) is 19.0 Å². The fourth-order valence-electron chi connectivity index (χ4n) is 0.858. The summed E-state index contributed by atoms with van der Waals surface area (Å²) in [6.45, 7) is 3.32. The van der Waals surface area contributed by atoms with Crippen molar-refractivity contribution in [3.05, 3.63) is 17.9 Å². The van der Waals surface area contributed by atoms with E-state index in [1.165, 1.54) is 12.1 Å². The lowest BCUT2D eigenvalue weighted by Gasteiger charge is -2.01. The molecule has 78 valence electrons. The van der Waals surface area contributed by atoms with E-state index in [0.29, 0.717) is 19.8 Å². The Kier molecular flexibility index (Phi) is 4.00. The zero-order chi connectivity index (χ0) is 10.4. The van der Waals surface area contributed by atoms with Crippen molar-refractivity contribution < 1.29 is 23.8 Å². The lowest BCUT2D eigenvalue weighted by atomic mass is 10.5. The Balaban J connectivity index is 2.33. The number of carboxylic acids is 1. The van der Waals surface area contributed by atoms with Crippen LogP contribution in [0.1, 0.15) is 17.5 Å².